The van der Waals surface area contributed by atoms with Crippen LogP contribution in [0, 0.1) is 5.82 Å². The molecule has 140 valence electrons. The first kappa shape index (κ1) is 18.2. The third-order valence-electron chi connectivity index (χ3n) is 4.52. The van der Waals surface area contributed by atoms with Gasteiger partial charge in [-0.2, -0.15) is 0 Å². The molecule has 0 radical (unpaired) electrons. The van der Waals surface area contributed by atoms with E-state index in [-0.39, 0.29) is 18.4 Å². The molecule has 0 aliphatic carbocycles. The second-order valence-corrected chi connectivity index (χ2v) is 6.22. The summed E-state index contributed by atoms with van der Waals surface area (Å²) in [5.74, 6) is -0.646. The van der Waals surface area contributed by atoms with Crippen molar-refractivity contribution in [2.45, 2.75) is 6.92 Å². The highest BCUT2D eigenvalue weighted by Crippen LogP contribution is 2.18. The molecule has 0 bridgehead atoms. The smallest absolute Gasteiger partial charge is 0.337 e. The Morgan fingerprint density at radius 1 is 1.19 bits per heavy atom. The van der Waals surface area contributed by atoms with Crippen LogP contribution in [-0.2, 0) is 9.53 Å². The number of halogens is 1. The zero-order valence-corrected chi connectivity index (χ0v) is 14.8. The number of anilines is 1. The Bertz CT molecular complexity index is 697. The van der Waals surface area contributed by atoms with Crippen molar-refractivity contribution < 1.29 is 18.7 Å². The Hall–Kier alpha value is -2.61. The van der Waals surface area contributed by atoms with E-state index in [1.807, 2.05) is 0 Å². The highest BCUT2D eigenvalue weighted by Gasteiger charge is 2.26. The molecule has 1 aromatic rings. The summed E-state index contributed by atoms with van der Waals surface area (Å²) in [6.07, 6.45) is 0. The topological polar surface area (TPSA) is 73.9 Å². The van der Waals surface area contributed by atoms with E-state index in [0.29, 0.717) is 24.4 Å². The van der Waals surface area contributed by atoms with Crippen molar-refractivity contribution >= 4 is 17.7 Å². The van der Waals surface area contributed by atoms with Gasteiger partial charge in [-0.15, -0.1) is 0 Å². The van der Waals surface area contributed by atoms with Gasteiger partial charge in [-0.1, -0.05) is 0 Å². The molecule has 2 amide bonds. The molecule has 0 aromatic heterocycles. The Balaban J connectivity index is 1.62. The molecule has 1 aromatic carbocycles. The second kappa shape index (κ2) is 8.18. The summed E-state index contributed by atoms with van der Waals surface area (Å²) in [6, 6.07) is 6.17. The van der Waals surface area contributed by atoms with E-state index in [2.05, 4.69) is 20.4 Å². The molecule has 0 atom stereocenters. The van der Waals surface area contributed by atoms with Gasteiger partial charge in [0.05, 0.1) is 18.7 Å². The number of ether oxygens (including phenoxy) is 1. The van der Waals surface area contributed by atoms with Crippen LogP contribution in [0.1, 0.15) is 6.92 Å². The minimum absolute atomic E-state index is 0.176. The molecule has 7 nitrogen and oxygen atoms in total. The van der Waals surface area contributed by atoms with Gasteiger partial charge in [0.1, 0.15) is 5.82 Å². The van der Waals surface area contributed by atoms with Gasteiger partial charge in [0, 0.05) is 44.1 Å². The van der Waals surface area contributed by atoms with Gasteiger partial charge in [0.2, 0.25) is 0 Å². The molecule has 2 heterocycles. The van der Waals surface area contributed by atoms with E-state index in [4.69, 9.17) is 4.74 Å². The highest BCUT2D eigenvalue weighted by molar-refractivity contribution is 5.93. The van der Waals surface area contributed by atoms with Gasteiger partial charge < -0.3 is 20.3 Å². The van der Waals surface area contributed by atoms with Gasteiger partial charge in [0.15, 0.2) is 0 Å². The number of rotatable bonds is 5. The predicted octanol–water partition coefficient (Wildman–Crippen LogP) is 1.08. The van der Waals surface area contributed by atoms with Crippen LogP contribution in [0.4, 0.5) is 14.9 Å². The number of piperazine rings is 1. The van der Waals surface area contributed by atoms with Gasteiger partial charge in [-0.3, -0.25) is 4.90 Å². The summed E-state index contributed by atoms with van der Waals surface area (Å²) in [7, 11) is 0. The zero-order chi connectivity index (χ0) is 18.5. The van der Waals surface area contributed by atoms with Gasteiger partial charge in [-0.05, 0) is 31.2 Å². The Kier molecular flexibility index (Phi) is 5.72. The monoisotopic (exact) mass is 362 g/mol. The molecule has 2 N–H and O–H groups in total. The fourth-order valence-electron chi connectivity index (χ4n) is 3.12. The summed E-state index contributed by atoms with van der Waals surface area (Å²) in [4.78, 5) is 28.1. The molecule has 8 heteroatoms. The molecule has 1 fully saturated rings. The van der Waals surface area contributed by atoms with Gasteiger partial charge in [0.25, 0.3) is 0 Å². The Morgan fingerprint density at radius 3 is 2.54 bits per heavy atom. The molecule has 2 aliphatic rings. The molecule has 0 unspecified atom stereocenters. The van der Waals surface area contributed by atoms with Crippen molar-refractivity contribution in [2.24, 2.45) is 0 Å². The van der Waals surface area contributed by atoms with Crippen LogP contribution in [0.5, 0.6) is 0 Å². The molecule has 3 rings (SSSR count). The minimum Gasteiger partial charge on any atom is -0.463 e. The summed E-state index contributed by atoms with van der Waals surface area (Å²) < 4.78 is 18.1. The van der Waals surface area contributed by atoms with Crippen LogP contribution < -0.4 is 15.5 Å². The maximum atomic E-state index is 13.1. The lowest BCUT2D eigenvalue weighted by Crippen LogP contribution is -2.51. The predicted molar refractivity (Wildman–Crippen MR) is 95.2 cm³/mol. The standard InChI is InChI=1S/C18H23FN4O3/c1-2-26-17(24)15-11-20-18(25)21-16(15)12-22-7-9-23(10-8-22)14-5-3-13(19)4-6-14/h3-6H,2,7-12H2,1H3,(H2,20,21,25). The first-order valence-corrected chi connectivity index (χ1v) is 8.73. The van der Waals surface area contributed by atoms with Gasteiger partial charge >= 0.3 is 12.0 Å². The quantitative estimate of drug-likeness (QED) is 0.767. The lowest BCUT2D eigenvalue weighted by Gasteiger charge is -2.37. The fraction of sp³-hybridized carbons (Fsp3) is 0.444. The lowest BCUT2D eigenvalue weighted by molar-refractivity contribution is -0.138. The van der Waals surface area contributed by atoms with Gasteiger partial charge in [-0.25, -0.2) is 14.0 Å². The third-order valence-corrected chi connectivity index (χ3v) is 4.52. The molecule has 26 heavy (non-hydrogen) atoms. The van der Waals surface area contributed by atoms with Crippen molar-refractivity contribution in [1.82, 2.24) is 15.5 Å². The average molecular weight is 362 g/mol. The summed E-state index contributed by atoms with van der Waals surface area (Å²) in [6.45, 7) is 5.84. The lowest BCUT2D eigenvalue weighted by atomic mass is 10.1. The third kappa shape index (κ3) is 4.32. The molecule has 0 spiro atoms. The van der Waals surface area contributed by atoms with Crippen molar-refractivity contribution in [1.29, 1.82) is 0 Å². The van der Waals surface area contributed by atoms with E-state index < -0.39 is 5.97 Å². The first-order valence-electron chi connectivity index (χ1n) is 8.73. The maximum absolute atomic E-state index is 13.1. The van der Waals surface area contributed by atoms with E-state index in [0.717, 1.165) is 31.9 Å². The van der Waals surface area contributed by atoms with Crippen LogP contribution >= 0.6 is 0 Å². The first-order chi connectivity index (χ1) is 12.6. The molecular formula is C18H23FN4O3. The summed E-state index contributed by atoms with van der Waals surface area (Å²) in [5.41, 5.74) is 2.06. The van der Waals surface area contributed by atoms with Crippen LogP contribution in [0.2, 0.25) is 0 Å². The van der Waals surface area contributed by atoms with Crippen molar-refractivity contribution in [3.05, 3.63) is 41.4 Å². The zero-order valence-electron chi connectivity index (χ0n) is 14.8. The number of hydrogen-bond donors (Lipinski definition) is 2. The number of nitrogens with zero attached hydrogens (tertiary/aromatic N) is 2. The highest BCUT2D eigenvalue weighted by atomic mass is 19.1. The number of benzene rings is 1. The average Bonchev–Trinajstić information content (AvgIpc) is 2.63. The number of carbonyl (C=O) groups is 2. The van der Waals surface area contributed by atoms with Crippen molar-refractivity contribution in [3.8, 4) is 0 Å². The van der Waals surface area contributed by atoms with Crippen LogP contribution in [0.15, 0.2) is 35.5 Å². The Labute approximate surface area is 151 Å². The summed E-state index contributed by atoms with van der Waals surface area (Å²) >= 11 is 0. The molecule has 1 saturated heterocycles. The van der Waals surface area contributed by atoms with Crippen LogP contribution in [0.25, 0.3) is 0 Å². The second-order valence-electron chi connectivity index (χ2n) is 6.22. The SMILES string of the molecule is CCOC(=O)C1=C(CN2CCN(c3ccc(F)cc3)CC2)NC(=O)NC1. The largest absolute Gasteiger partial charge is 0.463 e. The number of carbonyl (C=O) groups excluding carboxylic acids is 2. The van der Waals surface area contributed by atoms with E-state index >= 15 is 0 Å². The van der Waals surface area contributed by atoms with Crippen molar-refractivity contribution in [2.75, 3.05) is 50.8 Å². The number of urea groups is 1. The number of hydrogen-bond acceptors (Lipinski definition) is 5. The van der Waals surface area contributed by atoms with E-state index in [9.17, 15) is 14.0 Å². The van der Waals surface area contributed by atoms with E-state index in [1.165, 1.54) is 12.1 Å². The Morgan fingerprint density at radius 2 is 1.88 bits per heavy atom. The fourth-order valence-corrected chi connectivity index (χ4v) is 3.12. The minimum atomic E-state index is -0.403. The maximum Gasteiger partial charge on any atom is 0.337 e. The van der Waals surface area contributed by atoms with Crippen molar-refractivity contribution in [3.63, 3.8) is 0 Å². The van der Waals surface area contributed by atoms with E-state index in [1.54, 1.807) is 19.1 Å². The molecule has 0 saturated carbocycles. The van der Waals surface area contributed by atoms with Crippen LogP contribution in [-0.4, -0.2) is 62.8 Å². The number of amides is 2. The number of nitrogens with one attached hydrogen (secondary N) is 2. The molecule has 2 aliphatic heterocycles. The summed E-state index contributed by atoms with van der Waals surface area (Å²) in [5, 5.41) is 5.34. The molecular weight excluding hydrogens is 339 g/mol. The van der Waals surface area contributed by atoms with Crippen LogP contribution in [0.3, 0.4) is 0 Å². The normalized spacial score (nSPS) is 18.4. The number of esters is 1.